The largest absolute Gasteiger partial charge is 0.373 e. The monoisotopic (exact) mass is 206 g/mol. The molecule has 0 aromatic carbocycles. The minimum atomic E-state index is 1.06. The molecule has 1 heterocycles. The summed E-state index contributed by atoms with van der Waals surface area (Å²) in [5.41, 5.74) is 2.54. The van der Waals surface area contributed by atoms with E-state index < -0.39 is 0 Å². The van der Waals surface area contributed by atoms with Crippen molar-refractivity contribution in [2.75, 3.05) is 12.4 Å². The Kier molecular flexibility index (Phi) is 5.16. The molecular weight excluding hydrogens is 184 g/mol. The van der Waals surface area contributed by atoms with Crippen LogP contribution in [0.5, 0.6) is 0 Å². The summed E-state index contributed by atoms with van der Waals surface area (Å²) in [6.45, 7) is 4.41. The molecule has 0 unspecified atom stereocenters. The van der Waals surface area contributed by atoms with E-state index in [1.54, 1.807) is 0 Å². The molecule has 84 valence electrons. The Morgan fingerprint density at radius 2 is 1.93 bits per heavy atom. The average molecular weight is 206 g/mol. The van der Waals surface area contributed by atoms with E-state index in [-0.39, 0.29) is 0 Å². The number of anilines is 1. The quantitative estimate of drug-likeness (QED) is 0.771. The fraction of sp³-hybridized carbons (Fsp3) is 0.615. The zero-order valence-corrected chi connectivity index (χ0v) is 10.1. The Balaban J connectivity index is 2.77. The average Bonchev–Trinajstić information content (AvgIpc) is 2.28. The molecule has 0 bridgehead atoms. The molecule has 15 heavy (non-hydrogen) atoms. The van der Waals surface area contributed by atoms with Crippen LogP contribution in [-0.2, 0) is 12.8 Å². The van der Waals surface area contributed by atoms with Crippen LogP contribution in [0.3, 0.4) is 0 Å². The topological polar surface area (TPSA) is 24.9 Å². The Hall–Kier alpha value is -1.05. The van der Waals surface area contributed by atoms with Crippen molar-refractivity contribution in [1.29, 1.82) is 0 Å². The van der Waals surface area contributed by atoms with Gasteiger partial charge < -0.3 is 5.32 Å². The van der Waals surface area contributed by atoms with Crippen molar-refractivity contribution in [1.82, 2.24) is 4.98 Å². The van der Waals surface area contributed by atoms with Crippen molar-refractivity contribution in [3.8, 4) is 0 Å². The number of hydrogen-bond acceptors (Lipinski definition) is 2. The van der Waals surface area contributed by atoms with Crippen molar-refractivity contribution >= 4 is 5.82 Å². The van der Waals surface area contributed by atoms with Crippen LogP contribution in [0.4, 0.5) is 5.82 Å². The third-order valence-corrected chi connectivity index (χ3v) is 2.58. The summed E-state index contributed by atoms with van der Waals surface area (Å²) >= 11 is 0. The smallest absolute Gasteiger partial charge is 0.129 e. The van der Waals surface area contributed by atoms with Crippen molar-refractivity contribution in [3.05, 3.63) is 23.4 Å². The normalized spacial score (nSPS) is 10.3. The van der Waals surface area contributed by atoms with Gasteiger partial charge >= 0.3 is 0 Å². The maximum atomic E-state index is 4.64. The van der Waals surface area contributed by atoms with E-state index in [9.17, 15) is 0 Å². The fourth-order valence-corrected chi connectivity index (χ4v) is 1.71. The molecule has 1 aromatic heterocycles. The number of unbranched alkanes of at least 4 members (excludes halogenated alkanes) is 1. The Morgan fingerprint density at radius 1 is 1.13 bits per heavy atom. The Labute approximate surface area is 93.1 Å². The van der Waals surface area contributed by atoms with Crippen LogP contribution < -0.4 is 5.32 Å². The lowest BCUT2D eigenvalue weighted by Gasteiger charge is -2.09. The van der Waals surface area contributed by atoms with Gasteiger partial charge in [0.15, 0.2) is 0 Å². The van der Waals surface area contributed by atoms with Crippen LogP contribution in [0.2, 0.25) is 0 Å². The Bertz CT molecular complexity index is 295. The molecular formula is C13H22N2. The van der Waals surface area contributed by atoms with E-state index in [0.29, 0.717) is 0 Å². The van der Waals surface area contributed by atoms with Crippen LogP contribution >= 0.6 is 0 Å². The first-order valence-electron chi connectivity index (χ1n) is 5.98. The number of nitrogens with one attached hydrogen (secondary N) is 1. The van der Waals surface area contributed by atoms with Gasteiger partial charge in [-0.3, -0.25) is 0 Å². The molecule has 0 aliphatic heterocycles. The first-order valence-corrected chi connectivity index (χ1v) is 5.98. The van der Waals surface area contributed by atoms with Crippen LogP contribution in [-0.4, -0.2) is 12.0 Å². The van der Waals surface area contributed by atoms with Crippen molar-refractivity contribution in [2.45, 2.75) is 46.0 Å². The molecule has 0 aliphatic rings. The highest BCUT2D eigenvalue weighted by atomic mass is 15.0. The van der Waals surface area contributed by atoms with Gasteiger partial charge in [0.05, 0.1) is 0 Å². The molecule has 0 spiro atoms. The van der Waals surface area contributed by atoms with Gasteiger partial charge in [-0.2, -0.15) is 0 Å². The molecule has 0 fully saturated rings. The molecule has 2 heteroatoms. The van der Waals surface area contributed by atoms with Crippen molar-refractivity contribution in [3.63, 3.8) is 0 Å². The summed E-state index contributed by atoms with van der Waals surface area (Å²) in [4.78, 5) is 4.64. The van der Waals surface area contributed by atoms with E-state index >= 15 is 0 Å². The van der Waals surface area contributed by atoms with Crippen LogP contribution in [0, 0.1) is 0 Å². The van der Waals surface area contributed by atoms with Gasteiger partial charge in [0, 0.05) is 12.7 Å². The SMILES string of the molecule is CCCCc1ccc(CCC)c(NC)n1. The van der Waals surface area contributed by atoms with Gasteiger partial charge in [-0.15, -0.1) is 0 Å². The predicted molar refractivity (Wildman–Crippen MR) is 66.4 cm³/mol. The molecule has 2 nitrogen and oxygen atoms in total. The Morgan fingerprint density at radius 3 is 2.53 bits per heavy atom. The maximum absolute atomic E-state index is 4.64. The molecule has 0 aliphatic carbocycles. The van der Waals surface area contributed by atoms with Crippen LogP contribution in [0.25, 0.3) is 0 Å². The number of nitrogens with zero attached hydrogens (tertiary/aromatic N) is 1. The molecule has 0 amide bonds. The van der Waals surface area contributed by atoms with Gasteiger partial charge in [-0.1, -0.05) is 32.8 Å². The van der Waals surface area contributed by atoms with Gasteiger partial charge in [-0.05, 0) is 30.9 Å². The zero-order valence-electron chi connectivity index (χ0n) is 10.1. The highest BCUT2D eigenvalue weighted by Gasteiger charge is 2.03. The van der Waals surface area contributed by atoms with E-state index in [4.69, 9.17) is 0 Å². The molecule has 1 rings (SSSR count). The van der Waals surface area contributed by atoms with E-state index in [2.05, 4.69) is 36.3 Å². The zero-order chi connectivity index (χ0) is 11.1. The number of aromatic nitrogens is 1. The standard InChI is InChI=1S/C13H22N2/c1-4-6-8-12-10-9-11(7-5-2)13(14-3)15-12/h9-10H,4-8H2,1-3H3,(H,14,15). The van der Waals surface area contributed by atoms with E-state index in [1.807, 2.05) is 7.05 Å². The lowest BCUT2D eigenvalue weighted by atomic mass is 10.1. The molecule has 0 atom stereocenters. The summed E-state index contributed by atoms with van der Waals surface area (Å²) in [5.74, 6) is 1.06. The summed E-state index contributed by atoms with van der Waals surface area (Å²) in [6.07, 6.45) is 5.83. The van der Waals surface area contributed by atoms with Gasteiger partial charge in [0.1, 0.15) is 5.82 Å². The van der Waals surface area contributed by atoms with Crippen molar-refractivity contribution in [2.24, 2.45) is 0 Å². The van der Waals surface area contributed by atoms with E-state index in [1.165, 1.54) is 30.5 Å². The second kappa shape index (κ2) is 6.44. The van der Waals surface area contributed by atoms with E-state index in [0.717, 1.165) is 18.7 Å². The fourth-order valence-electron chi connectivity index (χ4n) is 1.71. The number of hydrogen-bond donors (Lipinski definition) is 1. The highest BCUT2D eigenvalue weighted by Crippen LogP contribution is 2.16. The van der Waals surface area contributed by atoms with Crippen LogP contribution in [0.15, 0.2) is 12.1 Å². The molecule has 0 saturated heterocycles. The number of aryl methyl sites for hydroxylation is 2. The van der Waals surface area contributed by atoms with Gasteiger partial charge in [0.25, 0.3) is 0 Å². The molecule has 0 radical (unpaired) electrons. The lowest BCUT2D eigenvalue weighted by Crippen LogP contribution is -2.01. The number of rotatable bonds is 6. The minimum Gasteiger partial charge on any atom is -0.373 e. The lowest BCUT2D eigenvalue weighted by molar-refractivity contribution is 0.775. The van der Waals surface area contributed by atoms with Crippen molar-refractivity contribution < 1.29 is 0 Å². The molecule has 1 N–H and O–H groups in total. The third kappa shape index (κ3) is 3.54. The second-order valence-electron chi connectivity index (χ2n) is 3.91. The first-order chi connectivity index (χ1) is 7.31. The molecule has 0 saturated carbocycles. The summed E-state index contributed by atoms with van der Waals surface area (Å²) in [6, 6.07) is 4.38. The van der Waals surface area contributed by atoms with Gasteiger partial charge in [0.2, 0.25) is 0 Å². The highest BCUT2D eigenvalue weighted by molar-refractivity contribution is 5.44. The summed E-state index contributed by atoms with van der Waals surface area (Å²) in [5, 5.41) is 3.19. The predicted octanol–water partition coefficient (Wildman–Crippen LogP) is 3.42. The number of pyridine rings is 1. The first kappa shape index (κ1) is 12.0. The van der Waals surface area contributed by atoms with Crippen LogP contribution in [0.1, 0.15) is 44.4 Å². The molecule has 1 aromatic rings. The third-order valence-electron chi connectivity index (χ3n) is 2.58. The van der Waals surface area contributed by atoms with Gasteiger partial charge in [-0.25, -0.2) is 4.98 Å². The minimum absolute atomic E-state index is 1.06. The summed E-state index contributed by atoms with van der Waals surface area (Å²) < 4.78 is 0. The summed E-state index contributed by atoms with van der Waals surface area (Å²) in [7, 11) is 1.95. The maximum Gasteiger partial charge on any atom is 0.129 e. The second-order valence-corrected chi connectivity index (χ2v) is 3.91.